The first-order valence-corrected chi connectivity index (χ1v) is 6.89. The van der Waals surface area contributed by atoms with Crippen LogP contribution in [0.1, 0.15) is 31.2 Å². The fourth-order valence-electron chi connectivity index (χ4n) is 2.56. The Morgan fingerprint density at radius 2 is 2.18 bits per heavy atom. The maximum Gasteiger partial charge on any atom is 0.0596 e. The van der Waals surface area contributed by atoms with Crippen LogP contribution in [0.4, 0.5) is 0 Å². The maximum absolute atomic E-state index is 6.20. The van der Waals surface area contributed by atoms with Gasteiger partial charge in [-0.05, 0) is 44.6 Å². The van der Waals surface area contributed by atoms with Crippen molar-refractivity contribution >= 4 is 11.6 Å². The Kier molecular flexibility index (Phi) is 4.10. The molecule has 0 aromatic carbocycles. The van der Waals surface area contributed by atoms with E-state index in [4.69, 9.17) is 16.3 Å². The molecule has 0 radical (unpaired) electrons. The number of hydrogen-bond acceptors (Lipinski definition) is 2. The van der Waals surface area contributed by atoms with E-state index in [1.165, 1.54) is 5.69 Å². The van der Waals surface area contributed by atoms with Crippen LogP contribution in [-0.4, -0.2) is 28.9 Å². The van der Waals surface area contributed by atoms with Crippen LogP contribution in [0.5, 0.6) is 0 Å². The van der Waals surface area contributed by atoms with Crippen molar-refractivity contribution < 1.29 is 4.74 Å². The molecule has 96 valence electrons. The number of aromatic nitrogens is 2. The number of alkyl halides is 1. The number of ether oxygens (including phenoxy) is 1. The van der Waals surface area contributed by atoms with Gasteiger partial charge in [0.1, 0.15) is 0 Å². The van der Waals surface area contributed by atoms with Gasteiger partial charge in [0.2, 0.25) is 0 Å². The summed E-state index contributed by atoms with van der Waals surface area (Å²) in [6, 6.07) is 2.19. The molecule has 1 fully saturated rings. The highest BCUT2D eigenvalue weighted by atomic mass is 35.5. The molecule has 1 aliphatic heterocycles. The molecule has 0 unspecified atom stereocenters. The van der Waals surface area contributed by atoms with Gasteiger partial charge in [-0.3, -0.25) is 4.68 Å². The van der Waals surface area contributed by atoms with Gasteiger partial charge in [-0.25, -0.2) is 0 Å². The molecule has 0 atom stereocenters. The second kappa shape index (κ2) is 5.40. The van der Waals surface area contributed by atoms with Gasteiger partial charge in [0, 0.05) is 31.3 Å². The van der Waals surface area contributed by atoms with Gasteiger partial charge in [-0.15, -0.1) is 11.6 Å². The van der Waals surface area contributed by atoms with E-state index in [1.807, 2.05) is 6.92 Å². The first kappa shape index (κ1) is 12.9. The highest BCUT2D eigenvalue weighted by molar-refractivity contribution is 6.18. The van der Waals surface area contributed by atoms with Gasteiger partial charge in [0.15, 0.2) is 0 Å². The normalized spacial score (nSPS) is 19.5. The smallest absolute Gasteiger partial charge is 0.0596 e. The van der Waals surface area contributed by atoms with Crippen LogP contribution in [0, 0.1) is 12.3 Å². The minimum Gasteiger partial charge on any atom is -0.381 e. The van der Waals surface area contributed by atoms with E-state index < -0.39 is 0 Å². The number of aryl methyl sites for hydroxylation is 2. The minimum atomic E-state index is 0.208. The molecule has 2 heterocycles. The molecule has 0 N–H and O–H groups in total. The van der Waals surface area contributed by atoms with E-state index in [1.54, 1.807) is 0 Å². The van der Waals surface area contributed by atoms with E-state index in [-0.39, 0.29) is 5.41 Å². The maximum atomic E-state index is 6.20. The summed E-state index contributed by atoms with van der Waals surface area (Å²) in [5.74, 6) is 0.713. The molecule has 0 bridgehead atoms. The quantitative estimate of drug-likeness (QED) is 0.775. The van der Waals surface area contributed by atoms with E-state index >= 15 is 0 Å². The number of nitrogens with zero attached hydrogens (tertiary/aromatic N) is 2. The van der Waals surface area contributed by atoms with Gasteiger partial charge in [-0.2, -0.15) is 5.10 Å². The fraction of sp³-hybridized carbons (Fsp3) is 0.769. The Hall–Kier alpha value is -0.540. The molecule has 0 aliphatic carbocycles. The largest absolute Gasteiger partial charge is 0.381 e. The van der Waals surface area contributed by atoms with Crippen molar-refractivity contribution in [2.45, 2.75) is 39.7 Å². The number of halogens is 1. The van der Waals surface area contributed by atoms with Crippen molar-refractivity contribution in [2.24, 2.45) is 5.41 Å². The standard InChI is InChI=1S/C13H21ClN2O/c1-3-16-12(8-11(2)15-16)9-13(10-14)4-6-17-7-5-13/h8H,3-7,9-10H2,1-2H3. The lowest BCUT2D eigenvalue weighted by Gasteiger charge is -2.35. The molecule has 0 saturated carbocycles. The first-order valence-electron chi connectivity index (χ1n) is 6.36. The molecule has 1 aromatic rings. The van der Waals surface area contributed by atoms with E-state index in [2.05, 4.69) is 22.8 Å². The third kappa shape index (κ3) is 2.83. The van der Waals surface area contributed by atoms with Crippen LogP contribution >= 0.6 is 11.6 Å². The van der Waals surface area contributed by atoms with Crippen molar-refractivity contribution in [3.63, 3.8) is 0 Å². The molecule has 4 heteroatoms. The van der Waals surface area contributed by atoms with Gasteiger partial charge in [-0.1, -0.05) is 0 Å². The van der Waals surface area contributed by atoms with Crippen LogP contribution in [0.15, 0.2) is 6.07 Å². The molecule has 3 nitrogen and oxygen atoms in total. The van der Waals surface area contributed by atoms with Crippen LogP contribution in [0.25, 0.3) is 0 Å². The molecular weight excluding hydrogens is 236 g/mol. The zero-order chi connectivity index (χ0) is 12.3. The minimum absolute atomic E-state index is 0.208. The van der Waals surface area contributed by atoms with Crippen molar-refractivity contribution in [3.8, 4) is 0 Å². The zero-order valence-electron chi connectivity index (χ0n) is 10.7. The summed E-state index contributed by atoms with van der Waals surface area (Å²) in [6.07, 6.45) is 3.14. The Morgan fingerprint density at radius 1 is 1.47 bits per heavy atom. The summed E-state index contributed by atoms with van der Waals surface area (Å²) in [5.41, 5.74) is 2.62. The Balaban J connectivity index is 2.16. The summed E-state index contributed by atoms with van der Waals surface area (Å²) >= 11 is 6.20. The van der Waals surface area contributed by atoms with Crippen molar-refractivity contribution in [2.75, 3.05) is 19.1 Å². The molecule has 0 amide bonds. The Morgan fingerprint density at radius 3 is 2.76 bits per heavy atom. The summed E-state index contributed by atoms with van der Waals surface area (Å²) in [5, 5.41) is 4.50. The number of hydrogen-bond donors (Lipinski definition) is 0. The summed E-state index contributed by atoms with van der Waals surface area (Å²) < 4.78 is 7.54. The summed E-state index contributed by atoms with van der Waals surface area (Å²) in [4.78, 5) is 0. The third-order valence-corrected chi connectivity index (χ3v) is 4.25. The van der Waals surface area contributed by atoms with Crippen LogP contribution in [0.3, 0.4) is 0 Å². The van der Waals surface area contributed by atoms with Gasteiger partial charge >= 0.3 is 0 Å². The second-order valence-corrected chi connectivity index (χ2v) is 5.28. The Bertz CT molecular complexity index is 369. The SMILES string of the molecule is CCn1nc(C)cc1CC1(CCl)CCOCC1. The first-order chi connectivity index (χ1) is 8.19. The van der Waals surface area contributed by atoms with Crippen LogP contribution in [0.2, 0.25) is 0 Å². The lowest BCUT2D eigenvalue weighted by atomic mass is 9.78. The van der Waals surface area contributed by atoms with E-state index in [0.717, 1.165) is 44.7 Å². The van der Waals surface area contributed by atoms with Crippen molar-refractivity contribution in [1.29, 1.82) is 0 Å². The zero-order valence-corrected chi connectivity index (χ0v) is 11.5. The summed E-state index contributed by atoms with van der Waals surface area (Å²) in [6.45, 7) is 6.79. The highest BCUT2D eigenvalue weighted by Gasteiger charge is 2.33. The molecule has 1 aromatic heterocycles. The van der Waals surface area contributed by atoms with Crippen molar-refractivity contribution in [1.82, 2.24) is 9.78 Å². The molecule has 17 heavy (non-hydrogen) atoms. The average Bonchev–Trinajstić information content (AvgIpc) is 2.70. The van der Waals surface area contributed by atoms with Gasteiger partial charge < -0.3 is 4.74 Å². The topological polar surface area (TPSA) is 27.1 Å². The second-order valence-electron chi connectivity index (χ2n) is 5.02. The van der Waals surface area contributed by atoms with Crippen LogP contribution < -0.4 is 0 Å². The van der Waals surface area contributed by atoms with Crippen LogP contribution in [-0.2, 0) is 17.7 Å². The third-order valence-electron chi connectivity index (χ3n) is 3.68. The highest BCUT2D eigenvalue weighted by Crippen LogP contribution is 2.35. The monoisotopic (exact) mass is 256 g/mol. The fourth-order valence-corrected chi connectivity index (χ4v) is 2.92. The van der Waals surface area contributed by atoms with Gasteiger partial charge in [0.25, 0.3) is 0 Å². The molecule has 1 saturated heterocycles. The lowest BCUT2D eigenvalue weighted by molar-refractivity contribution is 0.0249. The van der Waals surface area contributed by atoms with E-state index in [9.17, 15) is 0 Å². The summed E-state index contributed by atoms with van der Waals surface area (Å²) in [7, 11) is 0. The van der Waals surface area contributed by atoms with E-state index in [0.29, 0.717) is 5.88 Å². The molecule has 0 spiro atoms. The predicted octanol–water partition coefficient (Wildman–Crippen LogP) is 2.79. The predicted molar refractivity (Wildman–Crippen MR) is 69.5 cm³/mol. The van der Waals surface area contributed by atoms with Gasteiger partial charge in [0.05, 0.1) is 5.69 Å². The lowest BCUT2D eigenvalue weighted by Crippen LogP contribution is -2.34. The average molecular weight is 257 g/mol. The molecule has 2 rings (SSSR count). The molecular formula is C13H21ClN2O. The molecule has 1 aliphatic rings. The Labute approximate surface area is 108 Å². The number of rotatable bonds is 4. The van der Waals surface area contributed by atoms with Crippen molar-refractivity contribution in [3.05, 3.63) is 17.5 Å².